The topological polar surface area (TPSA) is 73.6 Å². The van der Waals surface area contributed by atoms with Crippen molar-refractivity contribution in [2.75, 3.05) is 18.2 Å². The summed E-state index contributed by atoms with van der Waals surface area (Å²) in [6.45, 7) is 2.07. The number of carbonyl (C=O) groups excluding carboxylic acids is 1. The van der Waals surface area contributed by atoms with Gasteiger partial charge in [0.15, 0.2) is 0 Å². The molecule has 1 fully saturated rings. The van der Waals surface area contributed by atoms with E-state index in [4.69, 9.17) is 15.2 Å². The Morgan fingerprint density at radius 3 is 2.81 bits per heavy atom. The van der Waals surface area contributed by atoms with Gasteiger partial charge in [-0.15, -0.1) is 12.4 Å². The average molecular weight is 315 g/mol. The molecular formula is C15H23ClN2O3. The van der Waals surface area contributed by atoms with Gasteiger partial charge in [-0.1, -0.05) is 0 Å². The van der Waals surface area contributed by atoms with E-state index in [1.165, 1.54) is 0 Å². The molecule has 1 heterocycles. The maximum absolute atomic E-state index is 11.9. The van der Waals surface area contributed by atoms with Crippen molar-refractivity contribution in [3.63, 3.8) is 0 Å². The molecule has 1 amide bonds. The summed E-state index contributed by atoms with van der Waals surface area (Å²) in [5, 5.41) is 2.84. The molecule has 0 aromatic heterocycles. The van der Waals surface area contributed by atoms with Crippen LogP contribution in [0.3, 0.4) is 0 Å². The number of methoxy groups -OCH3 is 1. The van der Waals surface area contributed by atoms with Crippen LogP contribution in [0.15, 0.2) is 18.2 Å². The highest BCUT2D eigenvalue weighted by molar-refractivity contribution is 5.91. The summed E-state index contributed by atoms with van der Waals surface area (Å²) in [4.78, 5) is 11.9. The van der Waals surface area contributed by atoms with Gasteiger partial charge in [-0.2, -0.15) is 0 Å². The van der Waals surface area contributed by atoms with Gasteiger partial charge in [-0.05, 0) is 44.4 Å². The lowest BCUT2D eigenvalue weighted by Crippen LogP contribution is -2.16. The first-order valence-corrected chi connectivity index (χ1v) is 6.97. The van der Waals surface area contributed by atoms with E-state index in [0.29, 0.717) is 29.6 Å². The highest BCUT2D eigenvalue weighted by Crippen LogP contribution is 2.25. The van der Waals surface area contributed by atoms with E-state index in [1.807, 2.05) is 0 Å². The zero-order chi connectivity index (χ0) is 14.5. The third-order valence-electron chi connectivity index (χ3n) is 3.53. The second-order valence-corrected chi connectivity index (χ2v) is 5.19. The van der Waals surface area contributed by atoms with Gasteiger partial charge in [0.1, 0.15) is 5.75 Å². The number of hydrogen-bond donors (Lipinski definition) is 2. The normalized spacial score (nSPS) is 20.7. The summed E-state index contributed by atoms with van der Waals surface area (Å²) < 4.78 is 10.8. The van der Waals surface area contributed by atoms with Crippen LogP contribution in [-0.2, 0) is 9.53 Å². The average Bonchev–Trinajstić information content (AvgIpc) is 2.82. The van der Waals surface area contributed by atoms with Gasteiger partial charge in [-0.25, -0.2) is 0 Å². The van der Waals surface area contributed by atoms with Gasteiger partial charge in [0.2, 0.25) is 5.91 Å². The van der Waals surface area contributed by atoms with Gasteiger partial charge in [0.05, 0.1) is 25.0 Å². The highest BCUT2D eigenvalue weighted by Gasteiger charge is 2.22. The molecule has 0 aliphatic carbocycles. The Hall–Kier alpha value is -1.46. The quantitative estimate of drug-likeness (QED) is 0.819. The summed E-state index contributed by atoms with van der Waals surface area (Å²) in [7, 11) is 1.56. The maximum atomic E-state index is 11.9. The molecule has 1 aromatic rings. The van der Waals surface area contributed by atoms with Gasteiger partial charge < -0.3 is 20.5 Å². The zero-order valence-electron chi connectivity index (χ0n) is 12.4. The number of anilines is 2. The molecule has 0 spiro atoms. The fourth-order valence-electron chi connectivity index (χ4n) is 2.43. The summed E-state index contributed by atoms with van der Waals surface area (Å²) >= 11 is 0. The van der Waals surface area contributed by atoms with Crippen molar-refractivity contribution in [1.82, 2.24) is 0 Å². The third-order valence-corrected chi connectivity index (χ3v) is 3.53. The largest absolute Gasteiger partial charge is 0.495 e. The Morgan fingerprint density at radius 2 is 2.24 bits per heavy atom. The first-order valence-electron chi connectivity index (χ1n) is 6.97. The highest BCUT2D eigenvalue weighted by atomic mass is 35.5. The molecule has 2 rings (SSSR count). The van der Waals surface area contributed by atoms with Crippen molar-refractivity contribution < 1.29 is 14.3 Å². The molecule has 21 heavy (non-hydrogen) atoms. The molecule has 0 radical (unpaired) electrons. The fraction of sp³-hybridized carbons (Fsp3) is 0.533. The van der Waals surface area contributed by atoms with Crippen LogP contribution < -0.4 is 15.8 Å². The van der Waals surface area contributed by atoms with Crippen LogP contribution in [0, 0.1) is 0 Å². The number of halogens is 1. The Balaban J connectivity index is 0.00000220. The Kier molecular flexibility index (Phi) is 6.78. The van der Waals surface area contributed by atoms with Crippen LogP contribution in [0.1, 0.15) is 32.6 Å². The van der Waals surface area contributed by atoms with Crippen LogP contribution in [0.5, 0.6) is 5.75 Å². The molecule has 1 saturated heterocycles. The first-order chi connectivity index (χ1) is 9.58. The summed E-state index contributed by atoms with van der Waals surface area (Å²) in [5.74, 6) is 0.592. The van der Waals surface area contributed by atoms with Gasteiger partial charge >= 0.3 is 0 Å². The van der Waals surface area contributed by atoms with E-state index in [-0.39, 0.29) is 24.4 Å². The molecule has 2 atom stereocenters. The Bertz CT molecular complexity index is 482. The van der Waals surface area contributed by atoms with Crippen molar-refractivity contribution in [2.24, 2.45) is 0 Å². The number of hydrogen-bond acceptors (Lipinski definition) is 4. The van der Waals surface area contributed by atoms with Crippen molar-refractivity contribution in [1.29, 1.82) is 0 Å². The minimum atomic E-state index is -0.0160. The number of carbonyl (C=O) groups is 1. The summed E-state index contributed by atoms with van der Waals surface area (Å²) in [5.41, 5.74) is 7.00. The molecule has 2 unspecified atom stereocenters. The molecule has 0 bridgehead atoms. The number of rotatable bonds is 5. The first kappa shape index (κ1) is 17.6. The van der Waals surface area contributed by atoms with Crippen LogP contribution in [-0.4, -0.2) is 25.2 Å². The van der Waals surface area contributed by atoms with Gasteiger partial charge in [-0.3, -0.25) is 4.79 Å². The van der Waals surface area contributed by atoms with Crippen LogP contribution in [0.25, 0.3) is 0 Å². The minimum absolute atomic E-state index is 0. The number of nitrogens with one attached hydrogen (secondary N) is 1. The van der Waals surface area contributed by atoms with Crippen LogP contribution >= 0.6 is 12.4 Å². The molecule has 1 aliphatic rings. The van der Waals surface area contributed by atoms with E-state index in [1.54, 1.807) is 25.3 Å². The molecule has 1 aliphatic heterocycles. The van der Waals surface area contributed by atoms with E-state index < -0.39 is 0 Å². The number of amides is 1. The summed E-state index contributed by atoms with van der Waals surface area (Å²) in [6.07, 6.45) is 3.90. The predicted octanol–water partition coefficient (Wildman–Crippen LogP) is 2.99. The van der Waals surface area contributed by atoms with Crippen molar-refractivity contribution in [3.05, 3.63) is 18.2 Å². The molecule has 0 saturated carbocycles. The molecule has 6 heteroatoms. The minimum Gasteiger partial charge on any atom is -0.495 e. The Labute approximate surface area is 131 Å². The number of nitrogens with two attached hydrogens (primary N) is 1. The van der Waals surface area contributed by atoms with E-state index in [2.05, 4.69) is 12.2 Å². The molecule has 118 valence electrons. The number of nitrogen functional groups attached to an aromatic ring is 1. The summed E-state index contributed by atoms with van der Waals surface area (Å²) in [6, 6.07) is 5.22. The van der Waals surface area contributed by atoms with E-state index in [9.17, 15) is 4.79 Å². The third kappa shape index (κ3) is 5.10. The van der Waals surface area contributed by atoms with E-state index >= 15 is 0 Å². The van der Waals surface area contributed by atoms with Crippen molar-refractivity contribution >= 4 is 29.7 Å². The lowest BCUT2D eigenvalue weighted by atomic mass is 10.1. The maximum Gasteiger partial charge on any atom is 0.224 e. The zero-order valence-corrected chi connectivity index (χ0v) is 13.2. The number of benzene rings is 1. The predicted molar refractivity (Wildman–Crippen MR) is 86.1 cm³/mol. The Morgan fingerprint density at radius 1 is 1.48 bits per heavy atom. The van der Waals surface area contributed by atoms with E-state index in [0.717, 1.165) is 19.3 Å². The fourth-order valence-corrected chi connectivity index (χ4v) is 2.43. The number of ether oxygens (including phenoxy) is 2. The monoisotopic (exact) mass is 314 g/mol. The van der Waals surface area contributed by atoms with Gasteiger partial charge in [0, 0.05) is 12.1 Å². The van der Waals surface area contributed by atoms with Crippen molar-refractivity contribution in [2.45, 2.75) is 44.8 Å². The van der Waals surface area contributed by atoms with Crippen LogP contribution in [0.4, 0.5) is 11.4 Å². The molecule has 1 aromatic carbocycles. The standard InChI is InChI=1S/C15H22N2O3.ClH/c1-10-3-5-12(20-10)6-8-15(18)17-11-4-7-14(19-2)13(16)9-11;/h4,7,9-10,12H,3,5-6,8,16H2,1-2H3,(H,17,18);1H. The van der Waals surface area contributed by atoms with Gasteiger partial charge in [0.25, 0.3) is 0 Å². The molecule has 5 nitrogen and oxygen atoms in total. The lowest BCUT2D eigenvalue weighted by molar-refractivity contribution is -0.116. The smallest absolute Gasteiger partial charge is 0.224 e. The second kappa shape index (κ2) is 8.10. The molecular weight excluding hydrogens is 292 g/mol. The second-order valence-electron chi connectivity index (χ2n) is 5.19. The van der Waals surface area contributed by atoms with Crippen molar-refractivity contribution in [3.8, 4) is 5.75 Å². The van der Waals surface area contributed by atoms with Crippen LogP contribution in [0.2, 0.25) is 0 Å². The SMILES string of the molecule is COc1ccc(NC(=O)CCC2CCC(C)O2)cc1N.Cl. The lowest BCUT2D eigenvalue weighted by Gasteiger charge is -2.12. The molecule has 3 N–H and O–H groups in total.